The third-order valence-corrected chi connectivity index (χ3v) is 6.90. The van der Waals surface area contributed by atoms with Crippen LogP contribution >= 0.6 is 0 Å². The number of amides is 2. The van der Waals surface area contributed by atoms with Crippen LogP contribution in [-0.2, 0) is 19.1 Å². The number of carboxylic acids is 1. The molecule has 2 N–H and O–H groups in total. The van der Waals surface area contributed by atoms with Gasteiger partial charge >= 0.3 is 5.97 Å². The zero-order chi connectivity index (χ0) is 21.6. The van der Waals surface area contributed by atoms with Gasteiger partial charge in [0.15, 0.2) is 0 Å². The maximum Gasteiger partial charge on any atom is 0.310 e. The Kier molecular flexibility index (Phi) is 5.80. The second-order valence-electron chi connectivity index (χ2n) is 8.77. The molecule has 1 spiro atoms. The molecule has 3 aliphatic heterocycles. The molecule has 3 heterocycles. The molecule has 8 nitrogen and oxygen atoms in total. The van der Waals surface area contributed by atoms with Crippen molar-refractivity contribution in [2.75, 3.05) is 19.7 Å². The fourth-order valence-electron chi connectivity index (χ4n) is 5.55. The average Bonchev–Trinajstić information content (AvgIpc) is 3.24. The lowest BCUT2D eigenvalue weighted by Crippen LogP contribution is -2.58. The number of carbonyl (C=O) groups is 3. The van der Waals surface area contributed by atoms with Crippen LogP contribution in [0.5, 0.6) is 0 Å². The van der Waals surface area contributed by atoms with Crippen molar-refractivity contribution < 1.29 is 29.3 Å². The van der Waals surface area contributed by atoms with Crippen LogP contribution in [0.25, 0.3) is 0 Å². The smallest absolute Gasteiger partial charge is 0.310 e. The Morgan fingerprint density at radius 2 is 2.14 bits per heavy atom. The van der Waals surface area contributed by atoms with Crippen LogP contribution in [0.4, 0.5) is 0 Å². The third kappa shape index (κ3) is 3.08. The number of aliphatic carboxylic acids is 1. The van der Waals surface area contributed by atoms with Crippen LogP contribution < -0.4 is 0 Å². The standard InChI is InChI=1S/C21H32N2O6/c1-5-7-11-22(10-6-2)18(26)16-21-9-8-20(4,29-21)15(19(27)28)14(21)17(25)23(16)13(3)12-24/h6,13-16,24H,2,5,7-12H2,1,3-4H3,(H,27,28)/t13-,14+,15+,16?,20-,21?/m1/s1. The number of hydrogen-bond acceptors (Lipinski definition) is 5. The van der Waals surface area contributed by atoms with E-state index < -0.39 is 47.0 Å². The van der Waals surface area contributed by atoms with E-state index in [0.717, 1.165) is 12.8 Å². The summed E-state index contributed by atoms with van der Waals surface area (Å²) in [5, 5.41) is 19.6. The van der Waals surface area contributed by atoms with Gasteiger partial charge in [0.05, 0.1) is 30.1 Å². The summed E-state index contributed by atoms with van der Waals surface area (Å²) in [5.41, 5.74) is -2.13. The summed E-state index contributed by atoms with van der Waals surface area (Å²) in [6.45, 7) is 9.71. The van der Waals surface area contributed by atoms with Crippen molar-refractivity contribution in [1.29, 1.82) is 0 Å². The fourth-order valence-corrected chi connectivity index (χ4v) is 5.55. The normalized spacial score (nSPS) is 36.2. The van der Waals surface area contributed by atoms with E-state index in [1.165, 1.54) is 4.90 Å². The molecule has 162 valence electrons. The number of rotatable bonds is 9. The largest absolute Gasteiger partial charge is 0.481 e. The monoisotopic (exact) mass is 408 g/mol. The van der Waals surface area contributed by atoms with Crippen molar-refractivity contribution in [3.05, 3.63) is 12.7 Å². The first-order chi connectivity index (χ1) is 13.7. The minimum absolute atomic E-state index is 0.259. The lowest BCUT2D eigenvalue weighted by atomic mass is 9.66. The molecule has 3 fully saturated rings. The number of unbranched alkanes of at least 4 members (excludes halogenated alkanes) is 1. The molecule has 2 bridgehead atoms. The molecule has 6 atom stereocenters. The Morgan fingerprint density at radius 3 is 2.69 bits per heavy atom. The second kappa shape index (κ2) is 7.72. The van der Waals surface area contributed by atoms with Crippen LogP contribution in [-0.4, -0.2) is 80.8 Å². The van der Waals surface area contributed by atoms with Crippen LogP contribution in [0.15, 0.2) is 12.7 Å². The van der Waals surface area contributed by atoms with Crippen LogP contribution in [0.3, 0.4) is 0 Å². The summed E-state index contributed by atoms with van der Waals surface area (Å²) >= 11 is 0. The predicted octanol–water partition coefficient (Wildman–Crippen LogP) is 1.03. The van der Waals surface area contributed by atoms with Crippen molar-refractivity contribution >= 4 is 17.8 Å². The van der Waals surface area contributed by atoms with E-state index in [1.807, 2.05) is 6.92 Å². The van der Waals surface area contributed by atoms with Gasteiger partial charge < -0.3 is 24.7 Å². The zero-order valence-electron chi connectivity index (χ0n) is 17.5. The minimum Gasteiger partial charge on any atom is -0.481 e. The van der Waals surface area contributed by atoms with Gasteiger partial charge in [0, 0.05) is 13.1 Å². The lowest BCUT2D eigenvalue weighted by Gasteiger charge is -2.38. The number of aliphatic hydroxyl groups excluding tert-OH is 1. The molecule has 3 aliphatic rings. The minimum atomic E-state index is -1.17. The van der Waals surface area contributed by atoms with Crippen molar-refractivity contribution in [1.82, 2.24) is 9.80 Å². The molecule has 0 saturated carbocycles. The molecular weight excluding hydrogens is 376 g/mol. The van der Waals surface area contributed by atoms with Crippen molar-refractivity contribution in [3.8, 4) is 0 Å². The molecule has 0 aliphatic carbocycles. The van der Waals surface area contributed by atoms with Crippen LogP contribution in [0, 0.1) is 11.8 Å². The molecule has 29 heavy (non-hydrogen) atoms. The molecule has 3 saturated heterocycles. The maximum absolute atomic E-state index is 13.7. The maximum atomic E-state index is 13.7. The van der Waals surface area contributed by atoms with E-state index in [0.29, 0.717) is 25.9 Å². The molecule has 0 aromatic rings. The molecule has 3 rings (SSSR count). The van der Waals surface area contributed by atoms with Crippen molar-refractivity contribution in [2.24, 2.45) is 11.8 Å². The summed E-state index contributed by atoms with van der Waals surface area (Å²) in [6.07, 6.45) is 4.29. The Balaban J connectivity index is 2.07. The molecule has 0 aromatic carbocycles. The van der Waals surface area contributed by atoms with Crippen LogP contribution in [0.1, 0.15) is 46.5 Å². The lowest BCUT2D eigenvalue weighted by molar-refractivity contribution is -0.158. The number of ether oxygens (including phenoxy) is 1. The summed E-state index contributed by atoms with van der Waals surface area (Å²) in [5.74, 6) is -3.66. The zero-order valence-corrected chi connectivity index (χ0v) is 17.5. The van der Waals surface area contributed by atoms with E-state index in [9.17, 15) is 24.6 Å². The topological polar surface area (TPSA) is 107 Å². The van der Waals surface area contributed by atoms with Gasteiger partial charge in [0.1, 0.15) is 11.6 Å². The van der Waals surface area contributed by atoms with Gasteiger partial charge in [-0.3, -0.25) is 14.4 Å². The summed E-state index contributed by atoms with van der Waals surface area (Å²) in [6, 6.07) is -1.55. The number of likely N-dealkylation sites (tertiary alicyclic amines) is 1. The number of nitrogens with zero attached hydrogens (tertiary/aromatic N) is 2. The Bertz CT molecular complexity index is 711. The predicted molar refractivity (Wildman–Crippen MR) is 105 cm³/mol. The van der Waals surface area contributed by atoms with Gasteiger partial charge in [-0.1, -0.05) is 19.4 Å². The SMILES string of the molecule is C=CCN(CCCC)C(=O)C1N([C@H](C)CO)C(=O)[C@@H]2[C@@H](C(=O)O)[C@@]3(C)CCC12O3. The van der Waals surface area contributed by atoms with Gasteiger partial charge in [0.2, 0.25) is 11.8 Å². The molecule has 0 radical (unpaired) electrons. The Hall–Kier alpha value is -1.93. The summed E-state index contributed by atoms with van der Waals surface area (Å²) in [4.78, 5) is 42.2. The second-order valence-corrected chi connectivity index (χ2v) is 8.77. The molecule has 2 unspecified atom stereocenters. The van der Waals surface area contributed by atoms with Crippen molar-refractivity contribution in [2.45, 2.75) is 69.7 Å². The fraction of sp³-hybridized carbons (Fsp3) is 0.762. The average molecular weight is 408 g/mol. The molecule has 8 heteroatoms. The van der Waals surface area contributed by atoms with E-state index in [2.05, 4.69) is 6.58 Å². The van der Waals surface area contributed by atoms with Crippen LogP contribution in [0.2, 0.25) is 0 Å². The quantitative estimate of drug-likeness (QED) is 0.552. The Morgan fingerprint density at radius 1 is 1.45 bits per heavy atom. The number of carbonyl (C=O) groups excluding carboxylic acids is 2. The van der Waals surface area contributed by atoms with Gasteiger partial charge in [-0.2, -0.15) is 0 Å². The van der Waals surface area contributed by atoms with Gasteiger partial charge in [-0.15, -0.1) is 6.58 Å². The third-order valence-electron chi connectivity index (χ3n) is 6.90. The first kappa shape index (κ1) is 21.8. The number of aliphatic hydroxyl groups is 1. The highest BCUT2D eigenvalue weighted by Crippen LogP contribution is 2.63. The molecule has 0 aromatic heterocycles. The van der Waals surface area contributed by atoms with E-state index in [4.69, 9.17) is 4.74 Å². The number of fused-ring (bicyclic) bond motifs is 1. The van der Waals surface area contributed by atoms with E-state index in [-0.39, 0.29) is 12.5 Å². The van der Waals surface area contributed by atoms with E-state index in [1.54, 1.807) is 24.8 Å². The first-order valence-corrected chi connectivity index (χ1v) is 10.4. The highest BCUT2D eigenvalue weighted by atomic mass is 16.5. The van der Waals surface area contributed by atoms with Gasteiger partial charge in [-0.05, 0) is 33.1 Å². The van der Waals surface area contributed by atoms with Gasteiger partial charge in [0.25, 0.3) is 0 Å². The highest BCUT2D eigenvalue weighted by molar-refractivity contribution is 5.98. The highest BCUT2D eigenvalue weighted by Gasteiger charge is 2.78. The van der Waals surface area contributed by atoms with E-state index >= 15 is 0 Å². The number of carboxylic acid groups (broad SMARTS) is 1. The molecular formula is C21H32N2O6. The summed E-state index contributed by atoms with van der Waals surface area (Å²) in [7, 11) is 0. The Labute approximate surface area is 171 Å². The molecule has 2 amide bonds. The van der Waals surface area contributed by atoms with Crippen molar-refractivity contribution in [3.63, 3.8) is 0 Å². The van der Waals surface area contributed by atoms with Gasteiger partial charge in [-0.25, -0.2) is 0 Å². The summed E-state index contributed by atoms with van der Waals surface area (Å²) < 4.78 is 6.31. The number of hydrogen-bond donors (Lipinski definition) is 2. The first-order valence-electron chi connectivity index (χ1n) is 10.4.